The summed E-state index contributed by atoms with van der Waals surface area (Å²) >= 11 is 0. The van der Waals surface area contributed by atoms with Gasteiger partial charge in [-0.05, 0) is 116 Å². The van der Waals surface area contributed by atoms with Gasteiger partial charge in [-0.3, -0.25) is 9.59 Å². The van der Waals surface area contributed by atoms with E-state index >= 15 is 0 Å². The van der Waals surface area contributed by atoms with Gasteiger partial charge in [0.15, 0.2) is 0 Å². The largest absolute Gasteiger partial charge is 0.465 e. The van der Waals surface area contributed by atoms with E-state index in [1.807, 2.05) is 0 Å². The molecule has 210 valence electrons. The highest BCUT2D eigenvalue weighted by molar-refractivity contribution is 5.90. The molecule has 38 heavy (non-hydrogen) atoms. The van der Waals surface area contributed by atoms with E-state index in [4.69, 9.17) is 4.74 Å². The lowest BCUT2D eigenvalue weighted by Crippen LogP contribution is -2.67. The number of carbonyl (C=O) groups is 2. The Morgan fingerprint density at radius 1 is 1.00 bits per heavy atom. The standard InChI is InChI=1S/C32H49N3O3/c1-19(2)21-11-14-32(18-38-20(3)36)16-15-30(7)22(26(21)32)9-10-25-29(6)17-23(34-35-33)27(37)28(4,5)24(29)12-13-31(25,30)8/h21-26H,1,9-18H2,2-8H3/t21-,22+,23?,24-,25+,26+,29-,30+,31+,32+/m0/s1. The van der Waals surface area contributed by atoms with Crippen molar-refractivity contribution < 1.29 is 14.3 Å². The minimum atomic E-state index is -0.561. The third-order valence-corrected chi connectivity index (χ3v) is 13.7. The fourth-order valence-electron chi connectivity index (χ4n) is 11.9. The molecule has 0 aromatic rings. The summed E-state index contributed by atoms with van der Waals surface area (Å²) in [7, 11) is 0. The maximum Gasteiger partial charge on any atom is 0.302 e. The van der Waals surface area contributed by atoms with Gasteiger partial charge in [-0.1, -0.05) is 51.9 Å². The molecule has 1 unspecified atom stereocenters. The van der Waals surface area contributed by atoms with Crippen molar-refractivity contribution in [2.24, 2.45) is 61.8 Å². The Balaban J connectivity index is 1.55. The first-order valence-electron chi connectivity index (χ1n) is 15.1. The number of azide groups is 1. The average molecular weight is 524 g/mol. The van der Waals surface area contributed by atoms with Gasteiger partial charge in [-0.2, -0.15) is 0 Å². The van der Waals surface area contributed by atoms with Crippen LogP contribution in [0.25, 0.3) is 10.4 Å². The fraction of sp³-hybridized carbons (Fsp3) is 0.875. The van der Waals surface area contributed by atoms with E-state index in [9.17, 15) is 15.1 Å². The van der Waals surface area contributed by atoms with Gasteiger partial charge in [0.25, 0.3) is 0 Å². The minimum Gasteiger partial charge on any atom is -0.465 e. The lowest BCUT2D eigenvalue weighted by molar-refractivity contribution is -0.238. The first-order chi connectivity index (χ1) is 17.7. The summed E-state index contributed by atoms with van der Waals surface area (Å²) in [5.41, 5.74) is 10.5. The summed E-state index contributed by atoms with van der Waals surface area (Å²) in [6.07, 6.45) is 9.76. The Hall–Kier alpha value is -1.81. The molecule has 5 saturated carbocycles. The maximum atomic E-state index is 13.4. The Bertz CT molecular complexity index is 1090. The molecular weight excluding hydrogens is 474 g/mol. The van der Waals surface area contributed by atoms with Crippen LogP contribution in [0.15, 0.2) is 17.3 Å². The maximum absolute atomic E-state index is 13.4. The van der Waals surface area contributed by atoms with Gasteiger partial charge < -0.3 is 4.74 Å². The van der Waals surface area contributed by atoms with Gasteiger partial charge in [0.2, 0.25) is 0 Å². The molecule has 5 rings (SSSR count). The highest BCUT2D eigenvalue weighted by Gasteiger charge is 2.71. The number of carbonyl (C=O) groups excluding carboxylic acids is 2. The van der Waals surface area contributed by atoms with Crippen LogP contribution in [0.4, 0.5) is 0 Å². The SMILES string of the molecule is C=C(C)[C@@H]1CC[C@]2(COC(C)=O)CC[C@]3(C)[C@H](CC[C@@H]4[C@@]5(C)CC(N=[N+]=[N-])C(=O)C(C)(C)[C@@H]5CC[C@]43C)[C@@H]12. The van der Waals surface area contributed by atoms with Gasteiger partial charge in [0.05, 0.1) is 12.6 Å². The molecule has 0 N–H and O–H groups in total. The van der Waals surface area contributed by atoms with E-state index in [0.29, 0.717) is 42.6 Å². The lowest BCUT2D eigenvalue weighted by Gasteiger charge is -2.72. The van der Waals surface area contributed by atoms with Crippen molar-refractivity contribution in [3.63, 3.8) is 0 Å². The third-order valence-electron chi connectivity index (χ3n) is 13.7. The Morgan fingerprint density at radius 2 is 1.71 bits per heavy atom. The van der Waals surface area contributed by atoms with Crippen molar-refractivity contribution >= 4 is 11.8 Å². The topological polar surface area (TPSA) is 92.1 Å². The molecular formula is C32H49N3O3. The van der Waals surface area contributed by atoms with E-state index in [-0.39, 0.29) is 33.4 Å². The first kappa shape index (κ1) is 27.7. The quantitative estimate of drug-likeness (QED) is 0.123. The third kappa shape index (κ3) is 3.54. The number of Topliss-reactive ketones (excluding diaryl/α,β-unsaturated/α-hetero) is 1. The lowest BCUT2D eigenvalue weighted by atomic mass is 9.32. The van der Waals surface area contributed by atoms with Gasteiger partial charge in [0, 0.05) is 22.7 Å². The van der Waals surface area contributed by atoms with Crippen LogP contribution >= 0.6 is 0 Å². The van der Waals surface area contributed by atoms with Crippen LogP contribution in [-0.4, -0.2) is 24.4 Å². The van der Waals surface area contributed by atoms with Crippen molar-refractivity contribution in [2.75, 3.05) is 6.61 Å². The van der Waals surface area contributed by atoms with Crippen LogP contribution < -0.4 is 0 Å². The number of hydrogen-bond donors (Lipinski definition) is 0. The molecule has 5 fully saturated rings. The van der Waals surface area contributed by atoms with E-state index < -0.39 is 11.5 Å². The van der Waals surface area contributed by atoms with E-state index in [2.05, 4.69) is 58.1 Å². The van der Waals surface area contributed by atoms with Crippen LogP contribution in [0.5, 0.6) is 0 Å². The summed E-state index contributed by atoms with van der Waals surface area (Å²) in [6.45, 7) is 20.5. The van der Waals surface area contributed by atoms with Crippen molar-refractivity contribution in [1.82, 2.24) is 0 Å². The number of rotatable bonds is 4. The molecule has 0 aliphatic heterocycles. The molecule has 6 heteroatoms. The van der Waals surface area contributed by atoms with Crippen LogP contribution in [0.3, 0.4) is 0 Å². The number of esters is 1. The Labute approximate surface area is 229 Å². The molecule has 0 radical (unpaired) electrons. The first-order valence-corrected chi connectivity index (χ1v) is 15.1. The monoisotopic (exact) mass is 523 g/mol. The average Bonchev–Trinajstić information content (AvgIpc) is 3.22. The zero-order valence-electron chi connectivity index (χ0n) is 24.8. The van der Waals surface area contributed by atoms with Crippen LogP contribution in [0.2, 0.25) is 0 Å². The van der Waals surface area contributed by atoms with Crippen molar-refractivity contribution in [2.45, 2.75) is 112 Å². The van der Waals surface area contributed by atoms with Crippen molar-refractivity contribution in [3.8, 4) is 0 Å². The zero-order chi connectivity index (χ0) is 27.9. The summed E-state index contributed by atoms with van der Waals surface area (Å²) < 4.78 is 5.77. The summed E-state index contributed by atoms with van der Waals surface area (Å²) in [6, 6.07) is -0.561. The smallest absolute Gasteiger partial charge is 0.302 e. The van der Waals surface area contributed by atoms with E-state index in [1.54, 1.807) is 0 Å². The molecule has 0 aromatic carbocycles. The highest BCUT2D eigenvalue weighted by atomic mass is 16.5. The van der Waals surface area contributed by atoms with Crippen molar-refractivity contribution in [1.29, 1.82) is 0 Å². The van der Waals surface area contributed by atoms with Crippen LogP contribution in [-0.2, 0) is 14.3 Å². The Kier molecular flexibility index (Phi) is 6.46. The van der Waals surface area contributed by atoms with Crippen LogP contribution in [0.1, 0.15) is 106 Å². The van der Waals surface area contributed by atoms with Gasteiger partial charge in [-0.15, -0.1) is 0 Å². The second kappa shape index (κ2) is 8.85. The number of allylic oxidation sites excluding steroid dienone is 1. The van der Waals surface area contributed by atoms with Gasteiger partial charge in [0.1, 0.15) is 5.78 Å². The summed E-state index contributed by atoms with van der Waals surface area (Å²) in [5, 5.41) is 4.05. The molecule has 0 bridgehead atoms. The number of ether oxygens (including phenoxy) is 1. The highest BCUT2D eigenvalue weighted by Crippen LogP contribution is 2.77. The van der Waals surface area contributed by atoms with E-state index in [0.717, 1.165) is 44.9 Å². The molecule has 0 heterocycles. The number of ketones is 1. The molecule has 10 atom stereocenters. The minimum absolute atomic E-state index is 0.0348. The zero-order valence-corrected chi connectivity index (χ0v) is 24.8. The number of hydrogen-bond acceptors (Lipinski definition) is 4. The molecule has 0 spiro atoms. The van der Waals surface area contributed by atoms with Crippen molar-refractivity contribution in [3.05, 3.63) is 22.6 Å². The number of fused-ring (bicyclic) bond motifs is 7. The summed E-state index contributed by atoms with van der Waals surface area (Å²) in [5.74, 6) is 2.32. The second-order valence-corrected chi connectivity index (χ2v) is 15.3. The van der Waals surface area contributed by atoms with Gasteiger partial charge >= 0.3 is 5.97 Å². The normalized spacial score (nSPS) is 49.0. The number of nitrogens with zero attached hydrogens (tertiary/aromatic N) is 3. The van der Waals surface area contributed by atoms with Crippen LogP contribution in [0, 0.1) is 56.7 Å². The predicted molar refractivity (Wildman–Crippen MR) is 149 cm³/mol. The van der Waals surface area contributed by atoms with Gasteiger partial charge in [-0.25, -0.2) is 0 Å². The van der Waals surface area contributed by atoms with E-state index in [1.165, 1.54) is 18.9 Å². The Morgan fingerprint density at radius 3 is 2.34 bits per heavy atom. The molecule has 0 saturated heterocycles. The molecule has 5 aliphatic carbocycles. The fourth-order valence-corrected chi connectivity index (χ4v) is 11.9. The molecule has 5 aliphatic rings. The molecule has 0 amide bonds. The molecule has 0 aromatic heterocycles. The predicted octanol–water partition coefficient (Wildman–Crippen LogP) is 8.07. The second-order valence-electron chi connectivity index (χ2n) is 15.3. The molecule has 6 nitrogen and oxygen atoms in total. The summed E-state index contributed by atoms with van der Waals surface area (Å²) in [4.78, 5) is 28.4.